The molecule has 1 heterocycles. The van der Waals surface area contributed by atoms with Crippen LogP contribution < -0.4 is 10.6 Å². The maximum atomic E-state index is 11.4. The zero-order valence-corrected chi connectivity index (χ0v) is 12.3. The van der Waals surface area contributed by atoms with Gasteiger partial charge in [0, 0.05) is 6.54 Å². The number of hydrogen-bond donors (Lipinski definition) is 2. The number of carbonyl (C=O) groups excluding carboxylic acids is 1. The summed E-state index contributed by atoms with van der Waals surface area (Å²) in [5, 5.41) is 5.91. The van der Waals surface area contributed by atoms with E-state index < -0.39 is 5.60 Å². The van der Waals surface area contributed by atoms with Gasteiger partial charge in [-0.3, -0.25) is 0 Å². The average molecular weight is 278 g/mol. The van der Waals surface area contributed by atoms with Gasteiger partial charge < -0.3 is 19.8 Å². The number of alkyl carbamates (subject to hydrolysis) is 1. The summed E-state index contributed by atoms with van der Waals surface area (Å²) in [4.78, 5) is 11.4. The standard InChI is InChI=1S/C15H22N2O3/c1-5-12-7-8-13(19-12)11-16-9-6-10-17-14(18)20-15(2,3)4/h1,7-8,16H,6,9-11H2,2-4H3,(H,17,18). The highest BCUT2D eigenvalue weighted by molar-refractivity contribution is 5.67. The van der Waals surface area contributed by atoms with Crippen LogP contribution in [0.1, 0.15) is 38.7 Å². The van der Waals surface area contributed by atoms with Crippen LogP contribution in [0.2, 0.25) is 0 Å². The molecular weight excluding hydrogens is 256 g/mol. The molecule has 0 atom stereocenters. The normalized spacial score (nSPS) is 10.9. The van der Waals surface area contributed by atoms with Gasteiger partial charge in [-0.15, -0.1) is 6.42 Å². The Morgan fingerprint density at radius 3 is 2.75 bits per heavy atom. The largest absolute Gasteiger partial charge is 0.451 e. The second kappa shape index (κ2) is 7.61. The molecule has 20 heavy (non-hydrogen) atoms. The number of nitrogens with one attached hydrogen (secondary N) is 2. The lowest BCUT2D eigenvalue weighted by Gasteiger charge is -2.19. The average Bonchev–Trinajstić information content (AvgIpc) is 2.79. The van der Waals surface area contributed by atoms with Crippen molar-refractivity contribution in [1.82, 2.24) is 10.6 Å². The molecule has 0 radical (unpaired) electrons. The fourth-order valence-corrected chi connectivity index (χ4v) is 1.48. The lowest BCUT2D eigenvalue weighted by atomic mass is 10.2. The summed E-state index contributed by atoms with van der Waals surface area (Å²) >= 11 is 0. The summed E-state index contributed by atoms with van der Waals surface area (Å²) in [6, 6.07) is 3.61. The molecule has 0 unspecified atom stereocenters. The first-order chi connectivity index (χ1) is 9.40. The van der Waals surface area contributed by atoms with E-state index in [0.29, 0.717) is 18.8 Å². The Morgan fingerprint density at radius 1 is 1.40 bits per heavy atom. The van der Waals surface area contributed by atoms with Crippen molar-refractivity contribution in [2.24, 2.45) is 0 Å². The highest BCUT2D eigenvalue weighted by Crippen LogP contribution is 2.06. The lowest BCUT2D eigenvalue weighted by Crippen LogP contribution is -2.33. The van der Waals surface area contributed by atoms with Gasteiger partial charge in [0.15, 0.2) is 5.76 Å². The first kappa shape index (κ1) is 16.1. The van der Waals surface area contributed by atoms with E-state index in [0.717, 1.165) is 18.7 Å². The number of amides is 1. The molecule has 0 aliphatic rings. The minimum atomic E-state index is -0.462. The van der Waals surface area contributed by atoms with Crippen LogP contribution in [-0.4, -0.2) is 24.8 Å². The van der Waals surface area contributed by atoms with Gasteiger partial charge >= 0.3 is 6.09 Å². The fourth-order valence-electron chi connectivity index (χ4n) is 1.48. The van der Waals surface area contributed by atoms with Crippen molar-refractivity contribution in [3.8, 4) is 12.3 Å². The van der Waals surface area contributed by atoms with Crippen molar-refractivity contribution in [1.29, 1.82) is 0 Å². The van der Waals surface area contributed by atoms with Crippen LogP contribution in [0, 0.1) is 12.3 Å². The minimum absolute atomic E-state index is 0.387. The number of terminal acetylenes is 1. The van der Waals surface area contributed by atoms with Crippen LogP contribution >= 0.6 is 0 Å². The van der Waals surface area contributed by atoms with Crippen LogP contribution in [0.4, 0.5) is 4.79 Å². The van der Waals surface area contributed by atoms with Crippen molar-refractivity contribution in [3.05, 3.63) is 23.7 Å². The van der Waals surface area contributed by atoms with Gasteiger partial charge in [0.1, 0.15) is 11.4 Å². The Bertz CT molecular complexity index is 466. The van der Waals surface area contributed by atoms with E-state index in [1.807, 2.05) is 26.8 Å². The van der Waals surface area contributed by atoms with Crippen LogP contribution in [0.15, 0.2) is 16.5 Å². The molecule has 5 heteroatoms. The predicted molar refractivity (Wildman–Crippen MR) is 77.2 cm³/mol. The van der Waals surface area contributed by atoms with E-state index in [1.54, 1.807) is 6.07 Å². The number of carbonyl (C=O) groups is 1. The van der Waals surface area contributed by atoms with Crippen LogP contribution in [0.5, 0.6) is 0 Å². The molecule has 0 aliphatic heterocycles. The Kier molecular flexibility index (Phi) is 6.13. The highest BCUT2D eigenvalue weighted by Gasteiger charge is 2.15. The third-order valence-corrected chi connectivity index (χ3v) is 2.30. The number of furan rings is 1. The van der Waals surface area contributed by atoms with Crippen molar-refractivity contribution in [3.63, 3.8) is 0 Å². The zero-order chi connectivity index (χ0) is 15.0. The van der Waals surface area contributed by atoms with E-state index in [1.165, 1.54) is 0 Å². The number of ether oxygens (including phenoxy) is 1. The molecule has 1 aromatic heterocycles. The molecule has 2 N–H and O–H groups in total. The summed E-state index contributed by atoms with van der Waals surface area (Å²) < 4.78 is 10.5. The van der Waals surface area contributed by atoms with E-state index >= 15 is 0 Å². The molecule has 0 saturated carbocycles. The first-order valence-corrected chi connectivity index (χ1v) is 6.63. The second-order valence-electron chi connectivity index (χ2n) is 5.37. The van der Waals surface area contributed by atoms with E-state index in [2.05, 4.69) is 16.6 Å². The van der Waals surface area contributed by atoms with Crippen molar-refractivity contribution in [2.45, 2.75) is 39.3 Å². The molecule has 0 aromatic carbocycles. The van der Waals surface area contributed by atoms with Gasteiger partial charge in [-0.05, 0) is 51.8 Å². The summed E-state index contributed by atoms with van der Waals surface area (Å²) in [6.45, 7) is 7.46. The van der Waals surface area contributed by atoms with Crippen LogP contribution in [0.3, 0.4) is 0 Å². The van der Waals surface area contributed by atoms with Crippen molar-refractivity contribution in [2.75, 3.05) is 13.1 Å². The molecule has 0 bridgehead atoms. The van der Waals surface area contributed by atoms with Crippen molar-refractivity contribution < 1.29 is 13.9 Å². The van der Waals surface area contributed by atoms with Crippen molar-refractivity contribution >= 4 is 6.09 Å². The molecule has 1 amide bonds. The molecule has 0 fully saturated rings. The maximum absolute atomic E-state index is 11.4. The van der Waals surface area contributed by atoms with Gasteiger partial charge in [0.2, 0.25) is 0 Å². The minimum Gasteiger partial charge on any atom is -0.451 e. The van der Waals surface area contributed by atoms with Gasteiger partial charge in [-0.1, -0.05) is 0 Å². The van der Waals surface area contributed by atoms with Crippen LogP contribution in [0.25, 0.3) is 0 Å². The third kappa shape index (κ3) is 6.86. The Labute approximate surface area is 120 Å². The van der Waals surface area contributed by atoms with E-state index in [9.17, 15) is 4.79 Å². The zero-order valence-electron chi connectivity index (χ0n) is 12.3. The van der Waals surface area contributed by atoms with E-state index in [-0.39, 0.29) is 6.09 Å². The third-order valence-electron chi connectivity index (χ3n) is 2.30. The van der Waals surface area contributed by atoms with E-state index in [4.69, 9.17) is 15.6 Å². The molecular formula is C15H22N2O3. The number of hydrogen-bond acceptors (Lipinski definition) is 4. The Morgan fingerprint density at radius 2 is 2.15 bits per heavy atom. The highest BCUT2D eigenvalue weighted by atomic mass is 16.6. The molecule has 1 aromatic rings. The lowest BCUT2D eigenvalue weighted by molar-refractivity contribution is 0.0527. The SMILES string of the molecule is C#Cc1ccc(CNCCCNC(=O)OC(C)(C)C)o1. The second-order valence-corrected chi connectivity index (χ2v) is 5.37. The Hall–Kier alpha value is -1.93. The molecule has 0 aliphatic carbocycles. The molecule has 5 nitrogen and oxygen atoms in total. The van der Waals surface area contributed by atoms with Gasteiger partial charge in [-0.2, -0.15) is 0 Å². The first-order valence-electron chi connectivity index (χ1n) is 6.63. The summed E-state index contributed by atoms with van der Waals surface area (Å²) in [7, 11) is 0. The van der Waals surface area contributed by atoms with Gasteiger partial charge in [0.05, 0.1) is 6.54 Å². The predicted octanol–water partition coefficient (Wildman–Crippen LogP) is 2.27. The summed E-state index contributed by atoms with van der Waals surface area (Å²) in [5.41, 5.74) is -0.462. The smallest absolute Gasteiger partial charge is 0.407 e. The topological polar surface area (TPSA) is 63.5 Å². The summed E-state index contributed by atoms with van der Waals surface area (Å²) in [6.07, 6.45) is 5.63. The molecule has 110 valence electrons. The van der Waals surface area contributed by atoms with Crippen LogP contribution in [-0.2, 0) is 11.3 Å². The molecule has 0 saturated heterocycles. The summed E-state index contributed by atoms with van der Waals surface area (Å²) in [5.74, 6) is 3.77. The fraction of sp³-hybridized carbons (Fsp3) is 0.533. The number of rotatable bonds is 6. The Balaban J connectivity index is 2.05. The molecule has 0 spiro atoms. The molecule has 1 rings (SSSR count). The van der Waals surface area contributed by atoms with Gasteiger partial charge in [0.25, 0.3) is 0 Å². The monoisotopic (exact) mass is 278 g/mol. The maximum Gasteiger partial charge on any atom is 0.407 e. The quantitative estimate of drug-likeness (QED) is 0.619. The van der Waals surface area contributed by atoms with Gasteiger partial charge in [-0.25, -0.2) is 4.79 Å².